The molecular weight excluding hydrogens is 759 g/mol. The highest BCUT2D eigenvalue weighted by Crippen LogP contribution is 2.41. The van der Waals surface area contributed by atoms with Crippen LogP contribution in [0.25, 0.3) is 0 Å². The van der Waals surface area contributed by atoms with Gasteiger partial charge in [-0.05, 0) is 108 Å². The number of Topliss-reactive ketones (excluding diaryl/α,β-unsaturated/α-hetero) is 3. The molecule has 2 bridgehead atoms. The Kier molecular flexibility index (Phi) is 22.4. The first-order chi connectivity index (χ1) is 28.5. The molecule has 4 aliphatic rings. The summed E-state index contributed by atoms with van der Waals surface area (Å²) in [6.07, 6.45) is 24.0. The monoisotopic (exact) mass is 840 g/mol. The summed E-state index contributed by atoms with van der Waals surface area (Å²) in [5, 5.41) is 32.7. The van der Waals surface area contributed by atoms with Gasteiger partial charge in [0.05, 0.1) is 12.6 Å². The van der Waals surface area contributed by atoms with Crippen LogP contribution in [0.1, 0.15) is 144 Å². The quantitative estimate of drug-likeness (QED) is 0.136. The van der Waals surface area contributed by atoms with Gasteiger partial charge in [0.25, 0.3) is 11.7 Å². The number of ether oxygens (including phenoxy) is 2. The fourth-order valence-electron chi connectivity index (χ4n) is 10.1. The molecule has 10 atom stereocenters. The zero-order chi connectivity index (χ0) is 44.4. The van der Waals surface area contributed by atoms with Gasteiger partial charge >= 0.3 is 0 Å². The predicted molar refractivity (Wildman–Crippen MR) is 238 cm³/mol. The van der Waals surface area contributed by atoms with E-state index in [1.807, 2.05) is 45.1 Å². The molecule has 0 aromatic carbocycles. The maximum absolute atomic E-state index is 13.8. The maximum atomic E-state index is 13.8. The topological polar surface area (TPSA) is 151 Å². The first-order valence-electron chi connectivity index (χ1n) is 23.2. The Balaban J connectivity index is 1.86. The Hall–Kier alpha value is -2.76. The van der Waals surface area contributed by atoms with Crippen LogP contribution in [0.4, 0.5) is 0 Å². The van der Waals surface area contributed by atoms with E-state index in [2.05, 4.69) is 26.0 Å². The fourth-order valence-corrected chi connectivity index (χ4v) is 10.1. The summed E-state index contributed by atoms with van der Waals surface area (Å²) in [7, 11) is 3.32. The van der Waals surface area contributed by atoms with Crippen LogP contribution in [0.5, 0.6) is 0 Å². The van der Waals surface area contributed by atoms with Crippen molar-refractivity contribution in [3.63, 3.8) is 0 Å². The number of aliphatic hydroxyl groups excluding tert-OH is 1. The summed E-state index contributed by atoms with van der Waals surface area (Å²) in [6, 6.07) is -0.639. The van der Waals surface area contributed by atoms with Crippen LogP contribution in [0.3, 0.4) is 0 Å². The minimum atomic E-state index is -2.80. The van der Waals surface area contributed by atoms with Gasteiger partial charge in [0.15, 0.2) is 5.78 Å². The van der Waals surface area contributed by atoms with E-state index in [0.717, 1.165) is 63.5 Å². The molecule has 3 aliphatic heterocycles. The molecule has 1 aliphatic carbocycles. The van der Waals surface area contributed by atoms with Crippen molar-refractivity contribution >= 4 is 23.3 Å². The van der Waals surface area contributed by atoms with Crippen LogP contribution in [0.15, 0.2) is 47.6 Å². The predicted octanol–water partition coefficient (Wildman–Crippen LogP) is 8.52. The number of aliphatic hydroxyl groups is 3. The van der Waals surface area contributed by atoms with Crippen molar-refractivity contribution in [1.82, 2.24) is 4.90 Å². The second-order valence-corrected chi connectivity index (χ2v) is 19.1. The number of carbonyl (C=O) groups is 4. The lowest BCUT2D eigenvalue weighted by Gasteiger charge is -2.43. The van der Waals surface area contributed by atoms with Crippen molar-refractivity contribution in [3.8, 4) is 0 Å². The zero-order valence-electron chi connectivity index (χ0n) is 38.4. The summed E-state index contributed by atoms with van der Waals surface area (Å²) in [5.41, 5.74) is 2.16. The van der Waals surface area contributed by atoms with Gasteiger partial charge in [-0.1, -0.05) is 101 Å². The summed E-state index contributed by atoms with van der Waals surface area (Å²) in [5.74, 6) is -4.68. The smallest absolute Gasteiger partial charge is 0.296 e. The molecule has 0 spiro atoms. The summed E-state index contributed by atoms with van der Waals surface area (Å²) < 4.78 is 11.2. The van der Waals surface area contributed by atoms with Crippen LogP contribution < -0.4 is 0 Å². The average molecular weight is 840 g/mol. The summed E-state index contributed by atoms with van der Waals surface area (Å²) in [6.45, 7) is 12.2. The molecule has 340 valence electrons. The summed E-state index contributed by atoms with van der Waals surface area (Å²) in [4.78, 5) is 55.8. The van der Waals surface area contributed by atoms with Crippen LogP contribution in [-0.4, -0.2) is 95.4 Å². The molecule has 1 saturated heterocycles. The standard InChI is InChI=1S/C50H81NO9/c1-34-16-11-9-13-18-35(2)26-38(5)47(54)46(60-8)28-36(3)27-37(4)45(53)23-22-42(30-40-20-15-21-41(29-40)33-59-7)43-24-25-51(44(31-43)32-52)49(56)48(55)50(57,58)39(6)19-14-10-12-17-34/h9,11,13,16,18,27,35,37-44,46,52,57-58H,10,12,14-15,17,19-26,28-33H2,1-8H3/b11-9+,18-13+,34-16+,36-27+/t35-,37-,38?,39-,40?,41?,42+,43?,44?,46?/m1/s1. The molecule has 0 aromatic heterocycles. The Labute approximate surface area is 362 Å². The van der Waals surface area contributed by atoms with E-state index < -0.39 is 35.5 Å². The molecule has 6 unspecified atom stereocenters. The number of rotatable bonds is 6. The molecule has 60 heavy (non-hydrogen) atoms. The molecule has 3 heterocycles. The number of hydrogen-bond acceptors (Lipinski definition) is 9. The molecule has 4 rings (SSSR count). The number of amides is 1. The van der Waals surface area contributed by atoms with Crippen LogP contribution in [0, 0.1) is 47.3 Å². The minimum absolute atomic E-state index is 0.0719. The molecule has 10 nitrogen and oxygen atoms in total. The highest BCUT2D eigenvalue weighted by molar-refractivity contribution is 6.38. The van der Waals surface area contributed by atoms with Crippen molar-refractivity contribution < 1.29 is 44.0 Å². The summed E-state index contributed by atoms with van der Waals surface area (Å²) >= 11 is 0. The normalized spacial score (nSPS) is 36.3. The van der Waals surface area contributed by atoms with Crippen molar-refractivity contribution in [2.24, 2.45) is 47.3 Å². The van der Waals surface area contributed by atoms with E-state index in [4.69, 9.17) is 9.47 Å². The number of fused-ring (bicyclic) bond motifs is 25. The maximum Gasteiger partial charge on any atom is 0.296 e. The molecule has 2 fully saturated rings. The van der Waals surface area contributed by atoms with E-state index in [-0.39, 0.29) is 54.3 Å². The zero-order valence-corrected chi connectivity index (χ0v) is 38.4. The molecular formula is C50H81NO9. The first kappa shape index (κ1) is 51.6. The molecule has 1 amide bonds. The number of methoxy groups -OCH3 is 2. The largest absolute Gasteiger partial charge is 0.394 e. The van der Waals surface area contributed by atoms with Gasteiger partial charge in [-0.15, -0.1) is 0 Å². The van der Waals surface area contributed by atoms with E-state index in [9.17, 15) is 34.5 Å². The third-order valence-corrected chi connectivity index (χ3v) is 13.9. The lowest BCUT2D eigenvalue weighted by Crippen LogP contribution is -2.57. The van der Waals surface area contributed by atoms with Crippen molar-refractivity contribution in [2.75, 3.05) is 34.0 Å². The number of carbonyl (C=O) groups excluding carboxylic acids is 4. The Morgan fingerprint density at radius 1 is 0.800 bits per heavy atom. The van der Waals surface area contributed by atoms with Crippen LogP contribution >= 0.6 is 0 Å². The molecule has 10 heteroatoms. The number of hydrogen-bond donors (Lipinski definition) is 3. The van der Waals surface area contributed by atoms with Gasteiger partial charge < -0.3 is 29.7 Å². The highest BCUT2D eigenvalue weighted by atomic mass is 16.5. The van der Waals surface area contributed by atoms with E-state index in [1.165, 1.54) is 10.5 Å². The number of allylic oxidation sites excluding steroid dienone is 7. The Morgan fingerprint density at radius 2 is 1.53 bits per heavy atom. The van der Waals surface area contributed by atoms with Crippen molar-refractivity contribution in [3.05, 3.63) is 47.6 Å². The van der Waals surface area contributed by atoms with Crippen molar-refractivity contribution in [1.29, 1.82) is 0 Å². The molecule has 0 radical (unpaired) electrons. The second-order valence-electron chi connectivity index (χ2n) is 19.1. The molecule has 0 aromatic rings. The van der Waals surface area contributed by atoms with Gasteiger partial charge in [-0.2, -0.15) is 0 Å². The molecule has 1 saturated carbocycles. The van der Waals surface area contributed by atoms with E-state index in [1.54, 1.807) is 21.1 Å². The number of ketones is 3. The van der Waals surface area contributed by atoms with E-state index >= 15 is 0 Å². The van der Waals surface area contributed by atoms with Crippen LogP contribution in [-0.2, 0) is 28.7 Å². The lowest BCUT2D eigenvalue weighted by molar-refractivity contribution is -0.205. The third kappa shape index (κ3) is 16.2. The van der Waals surface area contributed by atoms with Gasteiger partial charge in [0.2, 0.25) is 5.79 Å². The number of piperidine rings is 1. The van der Waals surface area contributed by atoms with Crippen molar-refractivity contribution in [2.45, 2.75) is 162 Å². The number of nitrogens with zero attached hydrogens (tertiary/aromatic N) is 1. The third-order valence-electron chi connectivity index (χ3n) is 13.9. The van der Waals surface area contributed by atoms with Crippen LogP contribution in [0.2, 0.25) is 0 Å². The first-order valence-corrected chi connectivity index (χ1v) is 23.2. The van der Waals surface area contributed by atoms with E-state index in [0.29, 0.717) is 63.2 Å². The lowest BCUT2D eigenvalue weighted by atomic mass is 9.70. The average Bonchev–Trinajstić information content (AvgIpc) is 3.22. The fraction of sp³-hybridized carbons (Fsp3) is 0.760. The Morgan fingerprint density at radius 3 is 2.23 bits per heavy atom. The minimum Gasteiger partial charge on any atom is -0.394 e. The Bertz CT molecular complexity index is 1490. The highest BCUT2D eigenvalue weighted by Gasteiger charge is 2.47. The SMILES string of the molecule is COCC1CCCC(C[C@@H]2CCC(=O)[C@H](C)/C=C(\C)CC(OC)C(=O)C(C)C[C@H](C)/C=C/C=C/C=C(\C)CCCCC[C@@H](C)C(O)(O)C(=O)C(=O)N3CCC2CC3CO)C1. The van der Waals surface area contributed by atoms with Gasteiger partial charge in [0.1, 0.15) is 11.9 Å². The molecule has 3 N–H and O–H groups in total. The van der Waals surface area contributed by atoms with Gasteiger partial charge in [-0.3, -0.25) is 19.2 Å². The van der Waals surface area contributed by atoms with Gasteiger partial charge in [0, 0.05) is 58.0 Å². The second kappa shape index (κ2) is 26.0. The van der Waals surface area contributed by atoms with Gasteiger partial charge in [-0.25, -0.2) is 0 Å².